The number of anilines is 1. The number of nitrogens with one attached hydrogen (secondary N) is 3. The number of aliphatic hydroxyl groups excluding tert-OH is 1. The molecule has 3 aromatic rings. The molecule has 10 nitrogen and oxygen atoms in total. The second kappa shape index (κ2) is 16.2. The zero-order valence-corrected chi connectivity index (χ0v) is 25.9. The number of thioether (sulfide) groups is 1. The van der Waals surface area contributed by atoms with Crippen molar-refractivity contribution in [2.45, 2.75) is 57.3 Å². The number of hydrogen-bond acceptors (Lipinski definition) is 8. The second-order valence-electron chi connectivity index (χ2n) is 10.4. The predicted molar refractivity (Wildman–Crippen MR) is 168 cm³/mol. The van der Waals surface area contributed by atoms with Crippen molar-refractivity contribution >= 4 is 35.4 Å². The van der Waals surface area contributed by atoms with Gasteiger partial charge in [0.05, 0.1) is 25.4 Å². The molecule has 1 saturated heterocycles. The molecule has 0 radical (unpaired) electrons. The van der Waals surface area contributed by atoms with Crippen LogP contribution in [0, 0.1) is 5.92 Å². The molecular weight excluding hydrogens is 582 g/mol. The summed E-state index contributed by atoms with van der Waals surface area (Å²) in [6.45, 7) is 5.62. The number of esters is 1. The summed E-state index contributed by atoms with van der Waals surface area (Å²) < 4.78 is 17.9. The number of carbonyl (C=O) groups is 3. The van der Waals surface area contributed by atoms with Crippen molar-refractivity contribution < 1.29 is 33.7 Å². The van der Waals surface area contributed by atoms with Crippen molar-refractivity contribution in [1.29, 1.82) is 0 Å². The lowest BCUT2D eigenvalue weighted by Crippen LogP contribution is -2.39. The molecule has 4 atom stereocenters. The van der Waals surface area contributed by atoms with Crippen molar-refractivity contribution in [2.75, 3.05) is 24.2 Å². The highest BCUT2D eigenvalue weighted by atomic mass is 32.2. The Bertz CT molecular complexity index is 1380. The van der Waals surface area contributed by atoms with Crippen LogP contribution in [0.15, 0.2) is 77.7 Å². The molecule has 4 rings (SSSR count). The lowest BCUT2D eigenvalue weighted by molar-refractivity contribution is -0.268. The predicted octanol–water partition coefficient (Wildman–Crippen LogP) is 5.08. The Hall–Kier alpha value is -3.90. The highest BCUT2D eigenvalue weighted by Crippen LogP contribution is 2.43. The van der Waals surface area contributed by atoms with Crippen LogP contribution < -0.4 is 16.0 Å². The highest BCUT2D eigenvalue weighted by molar-refractivity contribution is 7.99. The fourth-order valence-corrected chi connectivity index (χ4v) is 5.80. The molecular formula is C33H39N3O7S. The van der Waals surface area contributed by atoms with Gasteiger partial charge in [0, 0.05) is 41.3 Å². The van der Waals surface area contributed by atoms with Crippen LogP contribution in [0.3, 0.4) is 0 Å². The van der Waals surface area contributed by atoms with Crippen LogP contribution in [0.5, 0.6) is 0 Å². The van der Waals surface area contributed by atoms with Crippen LogP contribution in [0.1, 0.15) is 55.4 Å². The molecule has 1 fully saturated rings. The van der Waals surface area contributed by atoms with Crippen LogP contribution in [0.25, 0.3) is 0 Å². The fourth-order valence-electron chi connectivity index (χ4n) is 4.73. The Kier molecular flexibility index (Phi) is 12.2. The maximum Gasteiger partial charge on any atom is 0.325 e. The van der Waals surface area contributed by atoms with Gasteiger partial charge in [0.2, 0.25) is 5.91 Å². The molecule has 11 heteroatoms. The summed E-state index contributed by atoms with van der Waals surface area (Å²) >= 11 is 1.68. The van der Waals surface area contributed by atoms with Gasteiger partial charge in [0.15, 0.2) is 6.29 Å². The average Bonchev–Trinajstić information content (AvgIpc) is 3.03. The Morgan fingerprint density at radius 3 is 2.18 bits per heavy atom. The van der Waals surface area contributed by atoms with Gasteiger partial charge in [-0.2, -0.15) is 0 Å². The summed E-state index contributed by atoms with van der Waals surface area (Å²) in [5.74, 6) is 0.121. The third-order valence-corrected chi connectivity index (χ3v) is 8.22. The molecule has 3 aromatic carbocycles. The standard InChI is InChI=1S/C33H39N3O7S/c1-4-41-30(39)18-35-33(40)34-17-23-5-11-26(12-6-23)32-42-29(20-44-28-15-13-27(14-16-28)36-22(3)38)21(2)31(43-32)25-9-7-24(19-37)8-10-25/h5-16,21,29,31-32,37H,4,17-20H2,1-3H3,(H,36,38)(H2,34,35,40)/t21-,29+,31+,32+/m1/s1. The van der Waals surface area contributed by atoms with Crippen molar-refractivity contribution in [2.24, 2.45) is 5.92 Å². The zero-order valence-electron chi connectivity index (χ0n) is 25.1. The van der Waals surface area contributed by atoms with E-state index in [9.17, 15) is 19.5 Å². The van der Waals surface area contributed by atoms with E-state index in [4.69, 9.17) is 14.2 Å². The van der Waals surface area contributed by atoms with E-state index >= 15 is 0 Å². The lowest BCUT2D eigenvalue weighted by Gasteiger charge is -2.41. The number of aliphatic hydroxyl groups is 1. The highest BCUT2D eigenvalue weighted by Gasteiger charge is 2.38. The quantitative estimate of drug-likeness (QED) is 0.162. The molecule has 0 saturated carbocycles. The summed E-state index contributed by atoms with van der Waals surface area (Å²) in [4.78, 5) is 35.9. The van der Waals surface area contributed by atoms with Gasteiger partial charge in [0.1, 0.15) is 6.54 Å². The van der Waals surface area contributed by atoms with Crippen molar-refractivity contribution in [1.82, 2.24) is 10.6 Å². The molecule has 0 aliphatic carbocycles. The van der Waals surface area contributed by atoms with Gasteiger partial charge in [-0.15, -0.1) is 11.8 Å². The van der Waals surface area contributed by atoms with Gasteiger partial charge < -0.3 is 35.3 Å². The Balaban J connectivity index is 1.43. The molecule has 0 bridgehead atoms. The molecule has 234 valence electrons. The van der Waals surface area contributed by atoms with Crippen LogP contribution >= 0.6 is 11.8 Å². The minimum Gasteiger partial charge on any atom is -0.465 e. The topological polar surface area (TPSA) is 135 Å². The smallest absolute Gasteiger partial charge is 0.325 e. The largest absolute Gasteiger partial charge is 0.465 e. The third-order valence-electron chi connectivity index (χ3n) is 7.12. The summed E-state index contributed by atoms with van der Waals surface area (Å²) in [5.41, 5.74) is 4.31. The molecule has 1 aliphatic rings. The molecule has 44 heavy (non-hydrogen) atoms. The first-order chi connectivity index (χ1) is 21.2. The molecule has 1 aliphatic heterocycles. The first kappa shape index (κ1) is 33.0. The first-order valence-corrected chi connectivity index (χ1v) is 15.5. The van der Waals surface area contributed by atoms with E-state index in [0.717, 1.165) is 32.8 Å². The fraction of sp³-hybridized carbons (Fsp3) is 0.364. The monoisotopic (exact) mass is 621 g/mol. The number of hydrogen-bond donors (Lipinski definition) is 4. The lowest BCUT2D eigenvalue weighted by atomic mass is 9.91. The molecule has 3 amide bonds. The average molecular weight is 622 g/mol. The van der Waals surface area contributed by atoms with Gasteiger partial charge in [-0.05, 0) is 47.9 Å². The number of amides is 3. The van der Waals surface area contributed by atoms with E-state index in [2.05, 4.69) is 22.9 Å². The maximum atomic E-state index is 12.0. The van der Waals surface area contributed by atoms with E-state index in [1.165, 1.54) is 6.92 Å². The van der Waals surface area contributed by atoms with Gasteiger partial charge in [-0.1, -0.05) is 55.5 Å². The Morgan fingerprint density at radius 1 is 0.886 bits per heavy atom. The summed E-state index contributed by atoms with van der Waals surface area (Å²) in [6.07, 6.45) is -0.990. The number of carbonyl (C=O) groups excluding carboxylic acids is 3. The Labute approximate surface area is 261 Å². The second-order valence-corrected chi connectivity index (χ2v) is 11.5. The first-order valence-electron chi connectivity index (χ1n) is 14.5. The van der Waals surface area contributed by atoms with E-state index in [-0.39, 0.29) is 50.3 Å². The van der Waals surface area contributed by atoms with E-state index in [0.29, 0.717) is 5.75 Å². The molecule has 0 spiro atoms. The number of rotatable bonds is 12. The normalized spacial score (nSPS) is 19.5. The van der Waals surface area contributed by atoms with Crippen LogP contribution in [0.4, 0.5) is 10.5 Å². The van der Waals surface area contributed by atoms with Gasteiger partial charge in [0.25, 0.3) is 0 Å². The molecule has 0 unspecified atom stereocenters. The summed E-state index contributed by atoms with van der Waals surface area (Å²) in [5, 5.41) is 17.5. The van der Waals surface area contributed by atoms with Crippen molar-refractivity contribution in [3.63, 3.8) is 0 Å². The van der Waals surface area contributed by atoms with Gasteiger partial charge >= 0.3 is 12.0 Å². The van der Waals surface area contributed by atoms with E-state index in [1.807, 2.05) is 72.8 Å². The van der Waals surface area contributed by atoms with E-state index < -0.39 is 18.3 Å². The number of ether oxygens (including phenoxy) is 3. The number of benzene rings is 3. The van der Waals surface area contributed by atoms with Crippen molar-refractivity contribution in [3.05, 3.63) is 95.1 Å². The van der Waals surface area contributed by atoms with Crippen LogP contribution in [-0.4, -0.2) is 48.0 Å². The summed E-state index contributed by atoms with van der Waals surface area (Å²) in [7, 11) is 0. The van der Waals surface area contributed by atoms with Crippen LogP contribution in [0.2, 0.25) is 0 Å². The Morgan fingerprint density at radius 2 is 1.55 bits per heavy atom. The molecule has 4 N–H and O–H groups in total. The number of urea groups is 1. The maximum absolute atomic E-state index is 12.0. The third kappa shape index (κ3) is 9.55. The minimum atomic E-state index is -0.614. The summed E-state index contributed by atoms with van der Waals surface area (Å²) in [6, 6.07) is 22.7. The van der Waals surface area contributed by atoms with Crippen molar-refractivity contribution in [3.8, 4) is 0 Å². The van der Waals surface area contributed by atoms with E-state index in [1.54, 1.807) is 18.7 Å². The zero-order chi connectivity index (χ0) is 31.5. The van der Waals surface area contributed by atoms with Gasteiger partial charge in [-0.3, -0.25) is 9.59 Å². The van der Waals surface area contributed by atoms with Gasteiger partial charge in [-0.25, -0.2) is 4.79 Å². The molecule has 1 heterocycles. The van der Waals surface area contributed by atoms with Crippen LogP contribution in [-0.2, 0) is 37.0 Å². The molecule has 0 aromatic heterocycles. The minimum absolute atomic E-state index is 0.0264. The SMILES string of the molecule is CCOC(=O)CNC(=O)NCc1ccc([C@H]2O[C@@H](CSc3ccc(NC(C)=O)cc3)[C@@H](C)[C@@H](c3ccc(CO)cc3)O2)cc1.